The molecule has 3 unspecified atom stereocenters. The number of hydrogen-bond donors (Lipinski definition) is 3. The predicted octanol–water partition coefficient (Wildman–Crippen LogP) is 0.654. The molecule has 1 aromatic carbocycles. The van der Waals surface area contributed by atoms with Crippen LogP contribution in [0, 0.1) is 11.8 Å². The van der Waals surface area contributed by atoms with Crippen LogP contribution in [0.1, 0.15) is 12.5 Å². The summed E-state index contributed by atoms with van der Waals surface area (Å²) in [6.45, 7) is 3.41. The van der Waals surface area contributed by atoms with Gasteiger partial charge in [0.05, 0.1) is 5.92 Å². The van der Waals surface area contributed by atoms with Gasteiger partial charge in [0.1, 0.15) is 6.04 Å². The minimum absolute atomic E-state index is 0.146. The summed E-state index contributed by atoms with van der Waals surface area (Å²) < 4.78 is 0. The first kappa shape index (κ1) is 14.5. The molecule has 0 aliphatic carbocycles. The van der Waals surface area contributed by atoms with Crippen molar-refractivity contribution in [3.05, 3.63) is 35.9 Å². The summed E-state index contributed by atoms with van der Waals surface area (Å²) in [7, 11) is 0. The van der Waals surface area contributed by atoms with Gasteiger partial charge in [0.25, 0.3) is 0 Å². The first-order chi connectivity index (χ1) is 9.58. The zero-order valence-electron chi connectivity index (χ0n) is 11.5. The van der Waals surface area contributed by atoms with Gasteiger partial charge in [-0.05, 0) is 18.0 Å². The second kappa shape index (κ2) is 6.52. The van der Waals surface area contributed by atoms with E-state index >= 15 is 0 Å². The summed E-state index contributed by atoms with van der Waals surface area (Å²) in [5.41, 5.74) is 0.901. The van der Waals surface area contributed by atoms with E-state index in [1.165, 1.54) is 0 Å². The molecule has 0 radical (unpaired) electrons. The Hall–Kier alpha value is -1.88. The number of carbonyl (C=O) groups is 2. The zero-order chi connectivity index (χ0) is 14.5. The molecule has 1 heterocycles. The third-order valence-corrected chi connectivity index (χ3v) is 3.75. The first-order valence-electron chi connectivity index (χ1n) is 6.85. The first-order valence-corrected chi connectivity index (χ1v) is 6.85. The standard InChI is InChI=1S/C15H20N2O3/c1-10-8-16-9-12(10)14(18)17-13(15(19)20)7-11-5-3-2-4-6-11/h2-6,10,12-13,16H,7-9H2,1H3,(H,17,18)(H,19,20). The molecule has 2 rings (SSSR count). The lowest BCUT2D eigenvalue weighted by Crippen LogP contribution is -2.46. The third kappa shape index (κ3) is 3.57. The number of carbonyl (C=O) groups excluding carboxylic acids is 1. The molecule has 1 aromatic rings. The molecule has 1 saturated heterocycles. The van der Waals surface area contributed by atoms with E-state index in [1.54, 1.807) is 0 Å². The normalized spacial score (nSPS) is 23.2. The lowest BCUT2D eigenvalue weighted by Gasteiger charge is -2.19. The molecule has 108 valence electrons. The lowest BCUT2D eigenvalue weighted by molar-refractivity contribution is -0.142. The molecule has 1 fully saturated rings. The number of carboxylic acids is 1. The van der Waals surface area contributed by atoms with Crippen LogP contribution in [-0.2, 0) is 16.0 Å². The average Bonchev–Trinajstić information content (AvgIpc) is 2.85. The van der Waals surface area contributed by atoms with E-state index in [1.807, 2.05) is 37.3 Å². The van der Waals surface area contributed by atoms with Crippen LogP contribution in [0.3, 0.4) is 0 Å². The van der Waals surface area contributed by atoms with E-state index < -0.39 is 12.0 Å². The number of hydrogen-bond acceptors (Lipinski definition) is 3. The zero-order valence-corrected chi connectivity index (χ0v) is 11.5. The Kier molecular flexibility index (Phi) is 4.74. The topological polar surface area (TPSA) is 78.4 Å². The Morgan fingerprint density at radius 2 is 2.05 bits per heavy atom. The van der Waals surface area contributed by atoms with Crippen LogP contribution in [0.4, 0.5) is 0 Å². The minimum Gasteiger partial charge on any atom is -0.480 e. The molecule has 3 N–H and O–H groups in total. The summed E-state index contributed by atoms with van der Waals surface area (Å²) in [4.78, 5) is 23.5. The molecule has 0 bridgehead atoms. The number of rotatable bonds is 5. The molecule has 5 nitrogen and oxygen atoms in total. The van der Waals surface area contributed by atoms with Crippen molar-refractivity contribution in [3.8, 4) is 0 Å². The smallest absolute Gasteiger partial charge is 0.326 e. The monoisotopic (exact) mass is 276 g/mol. The van der Waals surface area contributed by atoms with Gasteiger partial charge in [-0.3, -0.25) is 4.79 Å². The maximum absolute atomic E-state index is 12.1. The lowest BCUT2D eigenvalue weighted by atomic mass is 9.96. The van der Waals surface area contributed by atoms with Crippen LogP contribution in [0.25, 0.3) is 0 Å². The predicted molar refractivity (Wildman–Crippen MR) is 75.2 cm³/mol. The summed E-state index contributed by atoms with van der Waals surface area (Å²) >= 11 is 0. The van der Waals surface area contributed by atoms with E-state index in [9.17, 15) is 14.7 Å². The number of aliphatic carboxylic acids is 1. The van der Waals surface area contributed by atoms with E-state index in [0.717, 1.165) is 12.1 Å². The largest absolute Gasteiger partial charge is 0.480 e. The Labute approximate surface area is 118 Å². The summed E-state index contributed by atoms with van der Waals surface area (Å²) in [5, 5.41) is 15.1. The average molecular weight is 276 g/mol. The number of benzene rings is 1. The second-order valence-corrected chi connectivity index (χ2v) is 5.33. The summed E-state index contributed by atoms with van der Waals surface area (Å²) in [6.07, 6.45) is 0.302. The maximum Gasteiger partial charge on any atom is 0.326 e. The van der Waals surface area contributed by atoms with Crippen molar-refractivity contribution in [2.45, 2.75) is 19.4 Å². The van der Waals surface area contributed by atoms with Gasteiger partial charge in [-0.1, -0.05) is 37.3 Å². The van der Waals surface area contributed by atoms with Crippen molar-refractivity contribution >= 4 is 11.9 Å². The van der Waals surface area contributed by atoms with Crippen LogP contribution in [-0.4, -0.2) is 36.1 Å². The van der Waals surface area contributed by atoms with Crippen LogP contribution in [0.5, 0.6) is 0 Å². The van der Waals surface area contributed by atoms with E-state index in [0.29, 0.717) is 13.0 Å². The van der Waals surface area contributed by atoms with Crippen LogP contribution in [0.15, 0.2) is 30.3 Å². The molecule has 1 aliphatic rings. The highest BCUT2D eigenvalue weighted by atomic mass is 16.4. The van der Waals surface area contributed by atoms with Crippen molar-refractivity contribution in [1.82, 2.24) is 10.6 Å². The molecule has 0 saturated carbocycles. The Balaban J connectivity index is 1.99. The maximum atomic E-state index is 12.1. The van der Waals surface area contributed by atoms with Crippen molar-refractivity contribution in [2.75, 3.05) is 13.1 Å². The van der Waals surface area contributed by atoms with Gasteiger partial charge in [-0.25, -0.2) is 4.79 Å². The molecule has 1 amide bonds. The quantitative estimate of drug-likeness (QED) is 0.738. The van der Waals surface area contributed by atoms with Crippen molar-refractivity contribution in [3.63, 3.8) is 0 Å². The van der Waals surface area contributed by atoms with Gasteiger partial charge >= 0.3 is 5.97 Å². The van der Waals surface area contributed by atoms with E-state index in [-0.39, 0.29) is 17.7 Å². The van der Waals surface area contributed by atoms with Gasteiger partial charge in [-0.2, -0.15) is 0 Å². The minimum atomic E-state index is -0.999. The fourth-order valence-electron chi connectivity index (χ4n) is 2.49. The third-order valence-electron chi connectivity index (χ3n) is 3.75. The Morgan fingerprint density at radius 3 is 2.60 bits per heavy atom. The van der Waals surface area contributed by atoms with Crippen molar-refractivity contribution in [1.29, 1.82) is 0 Å². The summed E-state index contributed by atoms with van der Waals surface area (Å²) in [6, 6.07) is 8.45. The molecule has 0 spiro atoms. The Bertz CT molecular complexity index is 475. The van der Waals surface area contributed by atoms with E-state index in [2.05, 4.69) is 10.6 Å². The van der Waals surface area contributed by atoms with Gasteiger partial charge in [0, 0.05) is 13.0 Å². The molecular weight excluding hydrogens is 256 g/mol. The van der Waals surface area contributed by atoms with Crippen molar-refractivity contribution in [2.24, 2.45) is 11.8 Å². The van der Waals surface area contributed by atoms with Crippen LogP contribution < -0.4 is 10.6 Å². The van der Waals surface area contributed by atoms with Gasteiger partial charge in [0.2, 0.25) is 5.91 Å². The van der Waals surface area contributed by atoms with Gasteiger partial charge in [-0.15, -0.1) is 0 Å². The molecule has 20 heavy (non-hydrogen) atoms. The van der Waals surface area contributed by atoms with Crippen LogP contribution in [0.2, 0.25) is 0 Å². The number of carboxylic acid groups (broad SMARTS) is 1. The fraction of sp³-hybridized carbons (Fsp3) is 0.467. The second-order valence-electron chi connectivity index (χ2n) is 5.33. The fourth-order valence-corrected chi connectivity index (χ4v) is 2.49. The molecule has 3 atom stereocenters. The highest BCUT2D eigenvalue weighted by Crippen LogP contribution is 2.16. The molecule has 1 aliphatic heterocycles. The highest BCUT2D eigenvalue weighted by molar-refractivity contribution is 5.85. The Morgan fingerprint density at radius 1 is 1.35 bits per heavy atom. The molecular formula is C15H20N2O3. The van der Waals surface area contributed by atoms with Crippen LogP contribution >= 0.6 is 0 Å². The summed E-state index contributed by atoms with van der Waals surface area (Å²) in [5.74, 6) is -1.08. The highest BCUT2D eigenvalue weighted by Gasteiger charge is 2.32. The van der Waals surface area contributed by atoms with Crippen molar-refractivity contribution < 1.29 is 14.7 Å². The SMILES string of the molecule is CC1CNCC1C(=O)NC(Cc1ccccc1)C(=O)O. The van der Waals surface area contributed by atoms with E-state index in [4.69, 9.17) is 0 Å². The van der Waals surface area contributed by atoms with Gasteiger partial charge in [0.15, 0.2) is 0 Å². The number of amides is 1. The molecule has 5 heteroatoms. The number of nitrogens with one attached hydrogen (secondary N) is 2. The van der Waals surface area contributed by atoms with Gasteiger partial charge < -0.3 is 15.7 Å². The molecule has 0 aromatic heterocycles.